The van der Waals surface area contributed by atoms with Crippen molar-refractivity contribution in [3.63, 3.8) is 0 Å². The van der Waals surface area contributed by atoms with Crippen LogP contribution in [0.25, 0.3) is 5.65 Å². The number of hydrogen-bond acceptors (Lipinski definition) is 3. The first-order valence-electron chi connectivity index (χ1n) is 6.05. The third-order valence-corrected chi connectivity index (χ3v) is 2.97. The number of halogens is 1. The minimum atomic E-state index is -0.231. The molecule has 4 nitrogen and oxygen atoms in total. The molecule has 0 saturated carbocycles. The first-order valence-corrected chi connectivity index (χ1v) is 6.05. The number of nitrogens with zero attached hydrogens (tertiary/aromatic N) is 3. The van der Waals surface area contributed by atoms with Crippen LogP contribution >= 0.6 is 0 Å². The van der Waals surface area contributed by atoms with Gasteiger partial charge in [-0.05, 0) is 30.7 Å². The highest BCUT2D eigenvalue weighted by molar-refractivity contribution is 5.46. The van der Waals surface area contributed by atoms with Crippen LogP contribution in [0, 0.1) is 5.82 Å². The van der Waals surface area contributed by atoms with Crippen LogP contribution in [-0.2, 0) is 0 Å². The summed E-state index contributed by atoms with van der Waals surface area (Å²) in [6, 6.07) is 10.2. The van der Waals surface area contributed by atoms with Crippen LogP contribution in [0.2, 0.25) is 0 Å². The van der Waals surface area contributed by atoms with E-state index < -0.39 is 0 Å². The van der Waals surface area contributed by atoms with Crippen LogP contribution in [0.4, 0.5) is 10.2 Å². The van der Waals surface area contributed by atoms with E-state index in [2.05, 4.69) is 15.4 Å². The van der Waals surface area contributed by atoms with Crippen LogP contribution in [0.5, 0.6) is 0 Å². The van der Waals surface area contributed by atoms with Gasteiger partial charge < -0.3 is 5.32 Å². The molecule has 2 aromatic heterocycles. The molecule has 0 unspecified atom stereocenters. The van der Waals surface area contributed by atoms with Crippen molar-refractivity contribution >= 4 is 11.5 Å². The Hall–Kier alpha value is -2.43. The first kappa shape index (κ1) is 11.6. The molecular formula is C14H13FN4. The van der Waals surface area contributed by atoms with E-state index in [1.807, 2.05) is 31.3 Å². The normalized spacial score (nSPS) is 12.5. The van der Waals surface area contributed by atoms with Crippen molar-refractivity contribution < 1.29 is 4.39 Å². The van der Waals surface area contributed by atoms with E-state index >= 15 is 0 Å². The summed E-state index contributed by atoms with van der Waals surface area (Å²) in [5.74, 6) is 0.509. The van der Waals surface area contributed by atoms with Crippen LogP contribution < -0.4 is 5.32 Å². The van der Waals surface area contributed by atoms with Crippen molar-refractivity contribution in [3.8, 4) is 0 Å². The fourth-order valence-electron chi connectivity index (χ4n) is 1.97. The number of hydrogen-bond donors (Lipinski definition) is 1. The highest BCUT2D eigenvalue weighted by Crippen LogP contribution is 2.18. The van der Waals surface area contributed by atoms with Crippen LogP contribution in [0.1, 0.15) is 18.5 Å². The summed E-state index contributed by atoms with van der Waals surface area (Å²) in [5, 5.41) is 7.33. The second-order valence-corrected chi connectivity index (χ2v) is 4.37. The first-order chi connectivity index (χ1) is 9.22. The zero-order chi connectivity index (χ0) is 13.2. The summed E-state index contributed by atoms with van der Waals surface area (Å²) >= 11 is 0. The molecule has 1 aromatic carbocycles. The van der Waals surface area contributed by atoms with Gasteiger partial charge in [-0.15, -0.1) is 0 Å². The van der Waals surface area contributed by atoms with Crippen molar-refractivity contribution in [1.29, 1.82) is 0 Å². The lowest BCUT2D eigenvalue weighted by Crippen LogP contribution is -2.08. The predicted octanol–water partition coefficient (Wildman–Crippen LogP) is 3.04. The van der Waals surface area contributed by atoms with E-state index in [0.717, 1.165) is 17.0 Å². The van der Waals surface area contributed by atoms with E-state index in [1.165, 1.54) is 12.1 Å². The molecule has 1 N–H and O–H groups in total. The zero-order valence-corrected chi connectivity index (χ0v) is 10.4. The van der Waals surface area contributed by atoms with E-state index in [0.29, 0.717) is 0 Å². The van der Waals surface area contributed by atoms with Crippen LogP contribution in [0.3, 0.4) is 0 Å². The second kappa shape index (κ2) is 4.68. The molecule has 0 aliphatic carbocycles. The Morgan fingerprint density at radius 3 is 3.00 bits per heavy atom. The van der Waals surface area contributed by atoms with Crippen molar-refractivity contribution in [1.82, 2.24) is 14.6 Å². The van der Waals surface area contributed by atoms with E-state index in [-0.39, 0.29) is 11.9 Å². The molecule has 2 heterocycles. The Balaban J connectivity index is 1.83. The van der Waals surface area contributed by atoms with Gasteiger partial charge in [-0.2, -0.15) is 5.10 Å². The summed E-state index contributed by atoms with van der Waals surface area (Å²) in [6.07, 6.45) is 3.53. The Kier molecular flexibility index (Phi) is 2.87. The van der Waals surface area contributed by atoms with E-state index in [4.69, 9.17) is 0 Å². The number of benzene rings is 1. The summed E-state index contributed by atoms with van der Waals surface area (Å²) in [4.78, 5) is 4.42. The smallest absolute Gasteiger partial charge is 0.157 e. The fraction of sp³-hybridized carbons (Fsp3) is 0.143. The van der Waals surface area contributed by atoms with Gasteiger partial charge in [0.2, 0.25) is 0 Å². The molecule has 0 fully saturated rings. The minimum Gasteiger partial charge on any atom is -0.363 e. The molecule has 0 aliphatic rings. The third-order valence-electron chi connectivity index (χ3n) is 2.97. The van der Waals surface area contributed by atoms with E-state index in [9.17, 15) is 4.39 Å². The Labute approximate surface area is 109 Å². The lowest BCUT2D eigenvalue weighted by molar-refractivity contribution is 0.623. The Bertz CT molecular complexity index is 707. The highest BCUT2D eigenvalue weighted by Gasteiger charge is 2.07. The van der Waals surface area contributed by atoms with Crippen LogP contribution in [-0.4, -0.2) is 14.6 Å². The van der Waals surface area contributed by atoms with Crippen molar-refractivity contribution in [2.24, 2.45) is 0 Å². The molecule has 3 aromatic rings. The monoisotopic (exact) mass is 256 g/mol. The van der Waals surface area contributed by atoms with Gasteiger partial charge in [0.1, 0.15) is 11.6 Å². The van der Waals surface area contributed by atoms with Gasteiger partial charge in [-0.3, -0.25) is 0 Å². The maximum Gasteiger partial charge on any atom is 0.157 e. The summed E-state index contributed by atoms with van der Waals surface area (Å²) in [6.45, 7) is 1.97. The van der Waals surface area contributed by atoms with Gasteiger partial charge in [-0.25, -0.2) is 13.9 Å². The summed E-state index contributed by atoms with van der Waals surface area (Å²) in [5.41, 5.74) is 1.66. The Morgan fingerprint density at radius 2 is 2.16 bits per heavy atom. The van der Waals surface area contributed by atoms with Gasteiger partial charge in [-0.1, -0.05) is 12.1 Å². The molecule has 0 saturated heterocycles. The number of aromatic nitrogens is 3. The molecular weight excluding hydrogens is 243 g/mol. The molecule has 3 rings (SSSR count). The maximum absolute atomic E-state index is 13.2. The molecule has 0 bridgehead atoms. The maximum atomic E-state index is 13.2. The molecule has 0 spiro atoms. The predicted molar refractivity (Wildman–Crippen MR) is 71.4 cm³/mol. The standard InChI is InChI=1S/C14H13FN4/c1-10(11-3-2-4-12(15)9-11)17-13-6-8-19-14(18-13)5-7-16-19/h2-10H,1H3,(H,17,18)/t10-/m1/s1. The molecule has 96 valence electrons. The number of nitrogens with one attached hydrogen (secondary N) is 1. The third kappa shape index (κ3) is 2.40. The summed E-state index contributed by atoms with van der Waals surface area (Å²) < 4.78 is 14.9. The molecule has 19 heavy (non-hydrogen) atoms. The van der Waals surface area contributed by atoms with Crippen molar-refractivity contribution in [2.75, 3.05) is 5.32 Å². The fourth-order valence-corrected chi connectivity index (χ4v) is 1.97. The Morgan fingerprint density at radius 1 is 1.26 bits per heavy atom. The van der Waals surface area contributed by atoms with Gasteiger partial charge in [0.15, 0.2) is 5.65 Å². The lowest BCUT2D eigenvalue weighted by atomic mass is 10.1. The molecule has 5 heteroatoms. The largest absolute Gasteiger partial charge is 0.363 e. The second-order valence-electron chi connectivity index (χ2n) is 4.37. The van der Waals surface area contributed by atoms with Gasteiger partial charge in [0.05, 0.1) is 12.2 Å². The molecule has 0 aliphatic heterocycles. The van der Waals surface area contributed by atoms with E-state index in [1.54, 1.807) is 16.8 Å². The highest BCUT2D eigenvalue weighted by atomic mass is 19.1. The number of fused-ring (bicyclic) bond motifs is 1. The average Bonchev–Trinajstić information content (AvgIpc) is 2.86. The molecule has 0 amide bonds. The average molecular weight is 256 g/mol. The summed E-state index contributed by atoms with van der Waals surface area (Å²) in [7, 11) is 0. The van der Waals surface area contributed by atoms with Gasteiger partial charge in [0.25, 0.3) is 0 Å². The molecule has 1 atom stereocenters. The number of rotatable bonds is 3. The lowest BCUT2D eigenvalue weighted by Gasteiger charge is -2.15. The SMILES string of the molecule is C[C@@H](Nc1ccn2nccc2n1)c1cccc(F)c1. The topological polar surface area (TPSA) is 42.2 Å². The quantitative estimate of drug-likeness (QED) is 0.783. The van der Waals surface area contributed by atoms with Crippen LogP contribution in [0.15, 0.2) is 48.8 Å². The van der Waals surface area contributed by atoms with Crippen molar-refractivity contribution in [3.05, 3.63) is 60.2 Å². The van der Waals surface area contributed by atoms with Gasteiger partial charge >= 0.3 is 0 Å². The number of anilines is 1. The van der Waals surface area contributed by atoms with Gasteiger partial charge in [0, 0.05) is 12.3 Å². The molecule has 0 radical (unpaired) electrons. The zero-order valence-electron chi connectivity index (χ0n) is 10.4. The van der Waals surface area contributed by atoms with Crippen molar-refractivity contribution in [2.45, 2.75) is 13.0 Å². The minimum absolute atomic E-state index is 0.0198.